The zero-order valence-corrected chi connectivity index (χ0v) is 11.7. The van der Waals surface area contributed by atoms with Gasteiger partial charge < -0.3 is 10.1 Å². The van der Waals surface area contributed by atoms with E-state index in [4.69, 9.17) is 4.74 Å². The lowest BCUT2D eigenvalue weighted by molar-refractivity contribution is 0.0938. The van der Waals surface area contributed by atoms with Gasteiger partial charge in [0.2, 0.25) is 0 Å². The predicted molar refractivity (Wildman–Crippen MR) is 76.3 cm³/mol. The summed E-state index contributed by atoms with van der Waals surface area (Å²) in [7, 11) is 0. The van der Waals surface area contributed by atoms with Crippen LogP contribution in [0.1, 0.15) is 22.0 Å². The number of rotatable bonds is 1. The molecule has 4 heteroatoms. The second-order valence-corrected chi connectivity index (χ2v) is 5.30. The van der Waals surface area contributed by atoms with Crippen molar-refractivity contribution >= 4 is 21.8 Å². The molecule has 0 bridgehead atoms. The Kier molecular flexibility index (Phi) is 3.25. The van der Waals surface area contributed by atoms with Crippen LogP contribution in [-0.2, 0) is 0 Å². The number of carbonyl (C=O) groups excluding carboxylic acids is 1. The van der Waals surface area contributed by atoms with Gasteiger partial charge in [-0.2, -0.15) is 0 Å². The van der Waals surface area contributed by atoms with Crippen LogP contribution >= 0.6 is 15.9 Å². The molecule has 1 N–H and O–H groups in total. The van der Waals surface area contributed by atoms with Crippen LogP contribution in [0, 0.1) is 0 Å². The van der Waals surface area contributed by atoms with Crippen LogP contribution in [0.2, 0.25) is 0 Å². The van der Waals surface area contributed by atoms with Crippen LogP contribution in [0.5, 0.6) is 5.75 Å². The van der Waals surface area contributed by atoms with Gasteiger partial charge in [0.1, 0.15) is 12.4 Å². The molecule has 0 saturated heterocycles. The Balaban J connectivity index is 1.92. The Bertz CT molecular complexity index is 613. The zero-order chi connectivity index (χ0) is 13.2. The fraction of sp³-hybridized carbons (Fsp3) is 0.133. The summed E-state index contributed by atoms with van der Waals surface area (Å²) < 4.78 is 6.65. The van der Waals surface area contributed by atoms with Gasteiger partial charge in [0.05, 0.1) is 11.6 Å². The number of hydrogen-bond donors (Lipinski definition) is 1. The monoisotopic (exact) mass is 317 g/mol. The molecule has 1 heterocycles. The molecule has 3 nitrogen and oxygen atoms in total. The molecule has 0 aromatic heterocycles. The van der Waals surface area contributed by atoms with Gasteiger partial charge in [0.25, 0.3) is 5.91 Å². The Labute approximate surface area is 119 Å². The Morgan fingerprint density at radius 3 is 2.74 bits per heavy atom. The first-order valence-corrected chi connectivity index (χ1v) is 6.81. The third-order valence-corrected chi connectivity index (χ3v) is 3.59. The lowest BCUT2D eigenvalue weighted by Gasteiger charge is -2.15. The molecule has 1 unspecified atom stereocenters. The first-order valence-electron chi connectivity index (χ1n) is 6.02. The highest BCUT2D eigenvalue weighted by atomic mass is 79.9. The average molecular weight is 318 g/mol. The van der Waals surface area contributed by atoms with Crippen molar-refractivity contribution in [1.82, 2.24) is 5.32 Å². The van der Waals surface area contributed by atoms with Crippen LogP contribution in [0.25, 0.3) is 0 Å². The number of ether oxygens (including phenoxy) is 1. The summed E-state index contributed by atoms with van der Waals surface area (Å²) in [6, 6.07) is 15.1. The summed E-state index contributed by atoms with van der Waals surface area (Å²) in [5.41, 5.74) is 1.62. The summed E-state index contributed by atoms with van der Waals surface area (Å²) in [6.45, 7) is 0.430. The molecular weight excluding hydrogens is 306 g/mol. The normalized spacial score (nSPS) is 17.9. The molecule has 0 fully saturated rings. The quantitative estimate of drug-likeness (QED) is 0.876. The van der Waals surface area contributed by atoms with Crippen molar-refractivity contribution < 1.29 is 9.53 Å². The van der Waals surface area contributed by atoms with Crippen molar-refractivity contribution in [1.29, 1.82) is 0 Å². The highest BCUT2D eigenvalue weighted by Crippen LogP contribution is 2.28. The molecule has 1 aliphatic heterocycles. The van der Waals surface area contributed by atoms with Gasteiger partial charge in [-0.3, -0.25) is 4.79 Å². The number of amides is 1. The van der Waals surface area contributed by atoms with E-state index in [1.165, 1.54) is 0 Å². The standard InChI is InChI=1S/C15H12BrNO2/c16-11-6-7-12-14(8-11)19-9-13(17-15(12)18)10-4-2-1-3-5-10/h1-8,13H,9H2,(H,17,18). The Morgan fingerprint density at radius 2 is 1.95 bits per heavy atom. The SMILES string of the molecule is O=C1NC(c2ccccc2)COc2cc(Br)ccc21. The van der Waals surface area contributed by atoms with Gasteiger partial charge in [-0.15, -0.1) is 0 Å². The maximum Gasteiger partial charge on any atom is 0.255 e. The minimum Gasteiger partial charge on any atom is -0.490 e. The molecule has 1 aliphatic rings. The van der Waals surface area contributed by atoms with Crippen LogP contribution in [0.3, 0.4) is 0 Å². The van der Waals surface area contributed by atoms with E-state index in [0.29, 0.717) is 17.9 Å². The van der Waals surface area contributed by atoms with Crippen molar-refractivity contribution in [3.63, 3.8) is 0 Å². The fourth-order valence-electron chi connectivity index (χ4n) is 2.12. The van der Waals surface area contributed by atoms with Crippen molar-refractivity contribution in [3.05, 3.63) is 64.1 Å². The number of benzene rings is 2. The summed E-state index contributed by atoms with van der Waals surface area (Å²) in [4.78, 5) is 12.2. The van der Waals surface area contributed by atoms with Gasteiger partial charge in [-0.1, -0.05) is 46.3 Å². The second-order valence-electron chi connectivity index (χ2n) is 4.39. The number of halogens is 1. The van der Waals surface area contributed by atoms with Crippen LogP contribution in [0.4, 0.5) is 0 Å². The van der Waals surface area contributed by atoms with E-state index in [-0.39, 0.29) is 11.9 Å². The van der Waals surface area contributed by atoms with E-state index in [0.717, 1.165) is 10.0 Å². The highest BCUT2D eigenvalue weighted by molar-refractivity contribution is 9.10. The molecule has 0 spiro atoms. The second kappa shape index (κ2) is 5.05. The topological polar surface area (TPSA) is 38.3 Å². The Morgan fingerprint density at radius 1 is 1.16 bits per heavy atom. The van der Waals surface area contributed by atoms with E-state index < -0.39 is 0 Å². The largest absolute Gasteiger partial charge is 0.490 e. The zero-order valence-electron chi connectivity index (χ0n) is 10.1. The van der Waals surface area contributed by atoms with Crippen molar-refractivity contribution in [2.75, 3.05) is 6.61 Å². The number of nitrogens with one attached hydrogen (secondary N) is 1. The first kappa shape index (κ1) is 12.2. The van der Waals surface area contributed by atoms with Crippen molar-refractivity contribution in [3.8, 4) is 5.75 Å². The lowest BCUT2D eigenvalue weighted by Crippen LogP contribution is -2.29. The molecule has 0 saturated carbocycles. The molecule has 0 aliphatic carbocycles. The first-order chi connectivity index (χ1) is 9.24. The van der Waals surface area contributed by atoms with Gasteiger partial charge >= 0.3 is 0 Å². The van der Waals surface area contributed by atoms with Crippen LogP contribution < -0.4 is 10.1 Å². The van der Waals surface area contributed by atoms with E-state index in [1.807, 2.05) is 42.5 Å². The summed E-state index contributed by atoms with van der Waals surface area (Å²) >= 11 is 3.38. The molecule has 1 amide bonds. The third kappa shape index (κ3) is 2.49. The molecule has 2 aromatic carbocycles. The van der Waals surface area contributed by atoms with Crippen molar-refractivity contribution in [2.24, 2.45) is 0 Å². The van der Waals surface area contributed by atoms with E-state index in [1.54, 1.807) is 6.07 Å². The lowest BCUT2D eigenvalue weighted by atomic mass is 10.1. The summed E-state index contributed by atoms with van der Waals surface area (Å²) in [6.07, 6.45) is 0. The third-order valence-electron chi connectivity index (χ3n) is 3.10. The smallest absolute Gasteiger partial charge is 0.255 e. The van der Waals surface area contributed by atoms with E-state index in [2.05, 4.69) is 21.2 Å². The maximum absolute atomic E-state index is 12.2. The predicted octanol–water partition coefficient (Wildman–Crippen LogP) is 3.31. The Hall–Kier alpha value is -1.81. The van der Waals surface area contributed by atoms with Gasteiger partial charge in [0.15, 0.2) is 0 Å². The molecule has 19 heavy (non-hydrogen) atoms. The molecule has 96 valence electrons. The fourth-order valence-corrected chi connectivity index (χ4v) is 2.46. The van der Waals surface area contributed by atoms with Gasteiger partial charge in [0, 0.05) is 4.47 Å². The van der Waals surface area contributed by atoms with E-state index >= 15 is 0 Å². The molecule has 0 radical (unpaired) electrons. The highest BCUT2D eigenvalue weighted by Gasteiger charge is 2.23. The van der Waals surface area contributed by atoms with Gasteiger partial charge in [-0.05, 0) is 23.8 Å². The van der Waals surface area contributed by atoms with Crippen LogP contribution in [0.15, 0.2) is 53.0 Å². The molecule has 3 rings (SSSR count). The van der Waals surface area contributed by atoms with Crippen molar-refractivity contribution in [2.45, 2.75) is 6.04 Å². The average Bonchev–Trinajstić information content (AvgIpc) is 2.59. The summed E-state index contributed by atoms with van der Waals surface area (Å²) in [5.74, 6) is 0.513. The minimum absolute atomic E-state index is 0.103. The van der Waals surface area contributed by atoms with Crippen LogP contribution in [-0.4, -0.2) is 12.5 Å². The number of carbonyl (C=O) groups is 1. The number of hydrogen-bond acceptors (Lipinski definition) is 2. The van der Waals surface area contributed by atoms with Gasteiger partial charge in [-0.25, -0.2) is 0 Å². The summed E-state index contributed by atoms with van der Waals surface area (Å²) in [5, 5.41) is 2.99. The molecule has 1 atom stereocenters. The minimum atomic E-state index is -0.125. The number of fused-ring (bicyclic) bond motifs is 1. The molecule has 2 aromatic rings. The maximum atomic E-state index is 12.2. The molecular formula is C15H12BrNO2. The van der Waals surface area contributed by atoms with E-state index in [9.17, 15) is 4.79 Å².